The summed E-state index contributed by atoms with van der Waals surface area (Å²) in [6.07, 6.45) is -0.567. The Labute approximate surface area is 167 Å². The standard InChI is InChI=1S/C21H22O8/c1-25-15-6-11(7-16(26-2)19(15)27-3)18-12-8-13(21(23)24)14(22)4-10(12)5-17-20(18)29-9-28-17/h5-7,13-14,22H,4,8-9H2,1-3H3,(H,23,24)/t13-,14+/m0/s1. The number of ether oxygens (including phenoxy) is 5. The van der Waals surface area contributed by atoms with E-state index in [2.05, 4.69) is 0 Å². The molecule has 1 heterocycles. The molecule has 0 fully saturated rings. The Bertz CT molecular complexity index is 943. The minimum Gasteiger partial charge on any atom is -0.493 e. The quantitative estimate of drug-likeness (QED) is 0.785. The second kappa shape index (κ2) is 7.36. The Kier molecular flexibility index (Phi) is 4.87. The minimum absolute atomic E-state index is 0.0700. The third-order valence-corrected chi connectivity index (χ3v) is 5.45. The fourth-order valence-electron chi connectivity index (χ4n) is 4.06. The van der Waals surface area contributed by atoms with Gasteiger partial charge in [-0.05, 0) is 47.7 Å². The summed E-state index contributed by atoms with van der Waals surface area (Å²) < 4.78 is 27.7. The number of rotatable bonds is 5. The van der Waals surface area contributed by atoms with Gasteiger partial charge < -0.3 is 33.9 Å². The van der Waals surface area contributed by atoms with Crippen molar-refractivity contribution in [3.05, 3.63) is 29.3 Å². The van der Waals surface area contributed by atoms with Gasteiger partial charge in [-0.15, -0.1) is 0 Å². The number of carboxylic acids is 1. The SMILES string of the molecule is COc1cc(-c2c3c(cc4c2OCO4)C[C@@H](O)[C@@H](C(=O)O)C3)cc(OC)c1OC. The van der Waals surface area contributed by atoms with E-state index in [0.29, 0.717) is 34.3 Å². The predicted octanol–water partition coefficient (Wildman–Crippen LogP) is 2.27. The van der Waals surface area contributed by atoms with Gasteiger partial charge in [0.15, 0.2) is 23.0 Å². The van der Waals surface area contributed by atoms with E-state index in [1.807, 2.05) is 6.07 Å². The Morgan fingerprint density at radius 3 is 2.31 bits per heavy atom. The molecule has 154 valence electrons. The summed E-state index contributed by atoms with van der Waals surface area (Å²) in [6, 6.07) is 5.40. The fourth-order valence-corrected chi connectivity index (χ4v) is 4.06. The summed E-state index contributed by atoms with van der Waals surface area (Å²) in [5.74, 6) is 0.569. The molecule has 2 aliphatic rings. The summed E-state index contributed by atoms with van der Waals surface area (Å²) in [4.78, 5) is 11.7. The van der Waals surface area contributed by atoms with Crippen molar-refractivity contribution in [2.75, 3.05) is 28.1 Å². The van der Waals surface area contributed by atoms with Crippen LogP contribution in [0.5, 0.6) is 28.7 Å². The van der Waals surface area contributed by atoms with E-state index in [9.17, 15) is 15.0 Å². The van der Waals surface area contributed by atoms with Gasteiger partial charge in [-0.25, -0.2) is 0 Å². The molecule has 0 radical (unpaired) electrons. The molecule has 0 saturated heterocycles. The van der Waals surface area contributed by atoms with Crippen LogP contribution in [0.1, 0.15) is 11.1 Å². The number of carbonyl (C=O) groups is 1. The number of methoxy groups -OCH3 is 3. The molecule has 0 spiro atoms. The van der Waals surface area contributed by atoms with Crippen LogP contribution in [0, 0.1) is 5.92 Å². The number of benzene rings is 2. The molecule has 2 N–H and O–H groups in total. The van der Waals surface area contributed by atoms with E-state index < -0.39 is 18.0 Å². The lowest BCUT2D eigenvalue weighted by Crippen LogP contribution is -2.36. The summed E-state index contributed by atoms with van der Waals surface area (Å²) in [5.41, 5.74) is 3.08. The van der Waals surface area contributed by atoms with Crippen LogP contribution < -0.4 is 23.7 Å². The fraction of sp³-hybridized carbons (Fsp3) is 0.381. The molecule has 1 aliphatic carbocycles. The third kappa shape index (κ3) is 3.09. The van der Waals surface area contributed by atoms with E-state index in [0.717, 1.165) is 16.7 Å². The maximum Gasteiger partial charge on any atom is 0.309 e. The van der Waals surface area contributed by atoms with E-state index in [1.165, 1.54) is 21.3 Å². The highest BCUT2D eigenvalue weighted by Gasteiger charge is 2.37. The van der Waals surface area contributed by atoms with E-state index in [1.54, 1.807) is 12.1 Å². The average Bonchev–Trinajstić information content (AvgIpc) is 3.18. The van der Waals surface area contributed by atoms with Crippen LogP contribution in [0.15, 0.2) is 18.2 Å². The highest BCUT2D eigenvalue weighted by molar-refractivity contribution is 5.83. The lowest BCUT2D eigenvalue weighted by molar-refractivity contribution is -0.145. The molecule has 2 aromatic carbocycles. The Morgan fingerprint density at radius 1 is 1.03 bits per heavy atom. The van der Waals surface area contributed by atoms with Gasteiger partial charge in [0.1, 0.15) is 0 Å². The highest BCUT2D eigenvalue weighted by atomic mass is 16.7. The molecule has 1 aliphatic heterocycles. The molecule has 0 saturated carbocycles. The number of carboxylic acid groups (broad SMARTS) is 1. The van der Waals surface area contributed by atoms with Crippen molar-refractivity contribution in [2.24, 2.45) is 5.92 Å². The topological polar surface area (TPSA) is 104 Å². The van der Waals surface area contributed by atoms with Gasteiger partial charge in [-0.3, -0.25) is 4.79 Å². The molecule has 4 rings (SSSR count). The first-order valence-electron chi connectivity index (χ1n) is 9.14. The predicted molar refractivity (Wildman–Crippen MR) is 102 cm³/mol. The molecular formula is C21H22O8. The van der Waals surface area contributed by atoms with Gasteiger partial charge in [-0.2, -0.15) is 0 Å². The van der Waals surface area contributed by atoms with Crippen molar-refractivity contribution in [2.45, 2.75) is 18.9 Å². The van der Waals surface area contributed by atoms with Gasteiger partial charge in [0, 0.05) is 5.56 Å². The van der Waals surface area contributed by atoms with E-state index in [-0.39, 0.29) is 19.6 Å². The molecule has 0 aromatic heterocycles. The number of aliphatic hydroxyl groups excluding tert-OH is 1. The van der Waals surface area contributed by atoms with Crippen LogP contribution in [0.4, 0.5) is 0 Å². The monoisotopic (exact) mass is 402 g/mol. The number of hydrogen-bond acceptors (Lipinski definition) is 7. The molecule has 0 bridgehead atoms. The number of hydrogen-bond donors (Lipinski definition) is 2. The average molecular weight is 402 g/mol. The molecule has 0 unspecified atom stereocenters. The van der Waals surface area contributed by atoms with Gasteiger partial charge >= 0.3 is 5.97 Å². The Hall–Kier alpha value is -3.13. The van der Waals surface area contributed by atoms with Gasteiger partial charge in [0.05, 0.1) is 33.4 Å². The van der Waals surface area contributed by atoms with Gasteiger partial charge in [-0.1, -0.05) is 0 Å². The lowest BCUT2D eigenvalue weighted by atomic mass is 9.78. The highest BCUT2D eigenvalue weighted by Crippen LogP contribution is 2.50. The normalized spacial score (nSPS) is 19.4. The van der Waals surface area contributed by atoms with Crippen LogP contribution in [0.2, 0.25) is 0 Å². The van der Waals surface area contributed by atoms with Gasteiger partial charge in [0.25, 0.3) is 0 Å². The third-order valence-electron chi connectivity index (χ3n) is 5.45. The summed E-state index contributed by atoms with van der Waals surface area (Å²) in [5, 5.41) is 19.9. The molecule has 29 heavy (non-hydrogen) atoms. The van der Waals surface area contributed by atoms with Crippen LogP contribution in [-0.4, -0.2) is 50.4 Å². The van der Waals surface area contributed by atoms with Crippen LogP contribution in [0.3, 0.4) is 0 Å². The maximum atomic E-state index is 11.7. The molecule has 8 nitrogen and oxygen atoms in total. The smallest absolute Gasteiger partial charge is 0.309 e. The molecule has 2 atom stereocenters. The summed E-state index contributed by atoms with van der Waals surface area (Å²) >= 11 is 0. The van der Waals surface area contributed by atoms with Crippen LogP contribution in [0.25, 0.3) is 11.1 Å². The molecule has 2 aromatic rings. The minimum atomic E-state index is -1.03. The van der Waals surface area contributed by atoms with Crippen LogP contribution >= 0.6 is 0 Å². The number of aliphatic carboxylic acids is 1. The zero-order valence-corrected chi connectivity index (χ0v) is 16.4. The molecular weight excluding hydrogens is 380 g/mol. The summed E-state index contributed by atoms with van der Waals surface area (Å²) in [7, 11) is 4.59. The second-order valence-electron chi connectivity index (χ2n) is 6.96. The van der Waals surface area contributed by atoms with Crippen molar-refractivity contribution in [3.63, 3.8) is 0 Å². The van der Waals surface area contributed by atoms with Crippen molar-refractivity contribution in [1.29, 1.82) is 0 Å². The number of aliphatic hydroxyl groups is 1. The maximum absolute atomic E-state index is 11.7. The van der Waals surface area contributed by atoms with Crippen LogP contribution in [-0.2, 0) is 17.6 Å². The Morgan fingerprint density at radius 2 is 1.72 bits per heavy atom. The zero-order chi connectivity index (χ0) is 20.7. The zero-order valence-electron chi connectivity index (χ0n) is 16.4. The second-order valence-corrected chi connectivity index (χ2v) is 6.96. The summed E-state index contributed by atoms with van der Waals surface area (Å²) in [6.45, 7) is 0.0700. The van der Waals surface area contributed by atoms with Crippen molar-refractivity contribution >= 4 is 5.97 Å². The lowest BCUT2D eigenvalue weighted by Gasteiger charge is -2.29. The van der Waals surface area contributed by atoms with Crippen molar-refractivity contribution in [1.82, 2.24) is 0 Å². The molecule has 0 amide bonds. The molecule has 8 heteroatoms. The van der Waals surface area contributed by atoms with Crippen molar-refractivity contribution in [3.8, 4) is 39.9 Å². The van der Waals surface area contributed by atoms with E-state index >= 15 is 0 Å². The first kappa shape index (κ1) is 19.2. The van der Waals surface area contributed by atoms with Crippen molar-refractivity contribution < 1.29 is 38.7 Å². The number of fused-ring (bicyclic) bond motifs is 2. The first-order valence-corrected chi connectivity index (χ1v) is 9.14. The largest absolute Gasteiger partial charge is 0.493 e. The Balaban J connectivity index is 1.96. The van der Waals surface area contributed by atoms with Gasteiger partial charge in [0.2, 0.25) is 12.5 Å². The first-order chi connectivity index (χ1) is 14.0. The van der Waals surface area contributed by atoms with E-state index in [4.69, 9.17) is 23.7 Å².